The molecule has 0 spiro atoms. The molecule has 0 saturated carbocycles. The van der Waals surface area contributed by atoms with E-state index in [-0.39, 0.29) is 23.3 Å². The van der Waals surface area contributed by atoms with Crippen LogP contribution in [0.25, 0.3) is 0 Å². The fraction of sp³-hybridized carbons (Fsp3) is 0.875. The Hall–Kier alpha value is -1.06. The summed E-state index contributed by atoms with van der Waals surface area (Å²) in [6.07, 6.45) is 1.28. The minimum atomic E-state index is -0.712. The number of carbonyl (C=O) groups excluding carboxylic acids is 2. The molecule has 1 atom stereocenters. The molecule has 20 heavy (non-hydrogen) atoms. The van der Waals surface area contributed by atoms with Gasteiger partial charge in [0.15, 0.2) is 0 Å². The van der Waals surface area contributed by atoms with Crippen LogP contribution >= 0.6 is 0 Å². The maximum atomic E-state index is 12.9. The number of amides is 2. The summed E-state index contributed by atoms with van der Waals surface area (Å²) in [5.74, 6) is 0.487. The van der Waals surface area contributed by atoms with E-state index in [1.165, 1.54) is 0 Å². The highest BCUT2D eigenvalue weighted by Crippen LogP contribution is 2.32. The van der Waals surface area contributed by atoms with Gasteiger partial charge in [-0.05, 0) is 31.1 Å². The monoisotopic (exact) mass is 282 g/mol. The van der Waals surface area contributed by atoms with Gasteiger partial charge in [-0.3, -0.25) is 9.59 Å². The minimum absolute atomic E-state index is 0.00520. The number of hydrogen-bond donors (Lipinski definition) is 1. The molecule has 1 aliphatic rings. The Bertz CT molecular complexity index is 384. The van der Waals surface area contributed by atoms with E-state index in [9.17, 15) is 9.59 Å². The van der Waals surface area contributed by atoms with Gasteiger partial charge in [-0.1, -0.05) is 41.5 Å². The summed E-state index contributed by atoms with van der Waals surface area (Å²) < 4.78 is 0. The molecule has 1 rings (SSSR count). The average molecular weight is 282 g/mol. The molecule has 1 heterocycles. The van der Waals surface area contributed by atoms with Crippen molar-refractivity contribution >= 4 is 11.8 Å². The molecular formula is C16H30N2O2. The zero-order valence-electron chi connectivity index (χ0n) is 14.0. The van der Waals surface area contributed by atoms with Crippen LogP contribution in [0, 0.1) is 11.3 Å². The second kappa shape index (κ2) is 5.74. The molecule has 4 nitrogen and oxygen atoms in total. The van der Waals surface area contributed by atoms with Gasteiger partial charge in [0.05, 0.1) is 0 Å². The highest BCUT2D eigenvalue weighted by atomic mass is 16.2. The van der Waals surface area contributed by atoms with E-state index < -0.39 is 5.54 Å². The lowest BCUT2D eigenvalue weighted by atomic mass is 9.79. The Morgan fingerprint density at radius 3 is 2.15 bits per heavy atom. The molecule has 0 aromatic rings. The summed E-state index contributed by atoms with van der Waals surface area (Å²) in [6.45, 7) is 15.0. The Morgan fingerprint density at radius 2 is 1.75 bits per heavy atom. The SMILES string of the molecule is CCC1(CC)NC(=O)C(C)N(CC(C)(C)C(C)C)C1=O. The van der Waals surface area contributed by atoms with Crippen molar-refractivity contribution in [3.8, 4) is 0 Å². The first-order chi connectivity index (χ1) is 9.11. The number of nitrogens with zero attached hydrogens (tertiary/aromatic N) is 1. The first-order valence-corrected chi connectivity index (χ1v) is 7.74. The third kappa shape index (κ3) is 2.84. The van der Waals surface area contributed by atoms with Crippen LogP contribution < -0.4 is 5.32 Å². The minimum Gasteiger partial charge on any atom is -0.340 e. The highest BCUT2D eigenvalue weighted by molar-refractivity contribution is 5.99. The van der Waals surface area contributed by atoms with Gasteiger partial charge < -0.3 is 10.2 Å². The topological polar surface area (TPSA) is 49.4 Å². The molecule has 0 radical (unpaired) electrons. The van der Waals surface area contributed by atoms with E-state index in [1.807, 2.05) is 20.8 Å². The predicted octanol–water partition coefficient (Wildman–Crippen LogP) is 2.57. The van der Waals surface area contributed by atoms with Gasteiger partial charge in [-0.25, -0.2) is 0 Å². The summed E-state index contributed by atoms with van der Waals surface area (Å²) >= 11 is 0. The van der Waals surface area contributed by atoms with Gasteiger partial charge in [0, 0.05) is 6.54 Å². The molecular weight excluding hydrogens is 252 g/mol. The molecule has 2 amide bonds. The number of rotatable bonds is 5. The van der Waals surface area contributed by atoms with Crippen molar-refractivity contribution in [1.29, 1.82) is 0 Å². The molecule has 0 aliphatic carbocycles. The molecule has 1 aliphatic heterocycles. The lowest BCUT2D eigenvalue weighted by Crippen LogP contribution is -2.70. The Morgan fingerprint density at radius 1 is 1.25 bits per heavy atom. The van der Waals surface area contributed by atoms with Crippen molar-refractivity contribution in [2.75, 3.05) is 6.54 Å². The summed E-state index contributed by atoms with van der Waals surface area (Å²) in [4.78, 5) is 26.9. The second-order valence-electron chi connectivity index (χ2n) is 7.03. The van der Waals surface area contributed by atoms with Crippen molar-refractivity contribution in [2.24, 2.45) is 11.3 Å². The van der Waals surface area contributed by atoms with Gasteiger partial charge in [0.2, 0.25) is 11.8 Å². The van der Waals surface area contributed by atoms with Crippen LogP contribution in [0.15, 0.2) is 0 Å². The maximum absolute atomic E-state index is 12.9. The van der Waals surface area contributed by atoms with Crippen LogP contribution in [0.2, 0.25) is 0 Å². The smallest absolute Gasteiger partial charge is 0.248 e. The predicted molar refractivity (Wildman–Crippen MR) is 81.2 cm³/mol. The van der Waals surface area contributed by atoms with Crippen molar-refractivity contribution in [1.82, 2.24) is 10.2 Å². The zero-order valence-corrected chi connectivity index (χ0v) is 14.0. The normalized spacial score (nSPS) is 23.2. The third-order valence-corrected chi connectivity index (χ3v) is 5.23. The number of nitrogens with one attached hydrogen (secondary N) is 1. The molecule has 4 heteroatoms. The van der Waals surface area contributed by atoms with E-state index in [1.54, 1.807) is 4.90 Å². The molecule has 1 N–H and O–H groups in total. The van der Waals surface area contributed by atoms with Gasteiger partial charge in [-0.15, -0.1) is 0 Å². The van der Waals surface area contributed by atoms with Gasteiger partial charge >= 0.3 is 0 Å². The molecule has 1 unspecified atom stereocenters. The lowest BCUT2D eigenvalue weighted by Gasteiger charge is -2.47. The summed E-state index contributed by atoms with van der Waals surface area (Å²) in [7, 11) is 0. The van der Waals surface area contributed by atoms with Crippen LogP contribution in [0.1, 0.15) is 61.3 Å². The van der Waals surface area contributed by atoms with E-state index in [4.69, 9.17) is 0 Å². The number of carbonyl (C=O) groups is 2. The Balaban J connectivity index is 3.09. The Labute approximate surface area is 123 Å². The second-order valence-corrected chi connectivity index (χ2v) is 7.03. The fourth-order valence-corrected chi connectivity index (χ4v) is 2.55. The first kappa shape index (κ1) is 17.0. The average Bonchev–Trinajstić information content (AvgIpc) is 2.39. The van der Waals surface area contributed by atoms with Crippen LogP contribution in [-0.2, 0) is 9.59 Å². The lowest BCUT2D eigenvalue weighted by molar-refractivity contribution is -0.156. The molecule has 1 fully saturated rings. The van der Waals surface area contributed by atoms with Gasteiger partial charge in [0.1, 0.15) is 11.6 Å². The third-order valence-electron chi connectivity index (χ3n) is 5.23. The molecule has 116 valence electrons. The maximum Gasteiger partial charge on any atom is 0.248 e. The van der Waals surface area contributed by atoms with Crippen molar-refractivity contribution in [2.45, 2.75) is 72.9 Å². The molecule has 1 saturated heterocycles. The van der Waals surface area contributed by atoms with E-state index in [0.717, 1.165) is 0 Å². The van der Waals surface area contributed by atoms with Crippen LogP contribution in [0.5, 0.6) is 0 Å². The zero-order chi connectivity index (χ0) is 15.7. The molecule has 0 bridgehead atoms. The van der Waals surface area contributed by atoms with Gasteiger partial charge in [-0.2, -0.15) is 0 Å². The molecule has 0 aromatic carbocycles. The highest BCUT2D eigenvalue weighted by Gasteiger charge is 2.48. The summed E-state index contributed by atoms with van der Waals surface area (Å²) in [5.41, 5.74) is -0.717. The fourth-order valence-electron chi connectivity index (χ4n) is 2.55. The number of piperazine rings is 1. The Kier molecular flexibility index (Phi) is 4.88. The summed E-state index contributed by atoms with van der Waals surface area (Å²) in [6, 6.07) is -0.383. The standard InChI is InChI=1S/C16H30N2O2/c1-8-16(9-2)14(20)18(12(5)13(19)17-16)10-15(6,7)11(3)4/h11-12H,8-10H2,1-7H3,(H,17,19). The van der Waals surface area contributed by atoms with Crippen molar-refractivity contribution in [3.05, 3.63) is 0 Å². The largest absolute Gasteiger partial charge is 0.340 e. The van der Waals surface area contributed by atoms with Gasteiger partial charge in [0.25, 0.3) is 0 Å². The van der Waals surface area contributed by atoms with E-state index in [2.05, 4.69) is 33.0 Å². The number of hydrogen-bond acceptors (Lipinski definition) is 2. The van der Waals surface area contributed by atoms with E-state index in [0.29, 0.717) is 25.3 Å². The van der Waals surface area contributed by atoms with Crippen LogP contribution in [0.3, 0.4) is 0 Å². The molecule has 0 aromatic heterocycles. The van der Waals surface area contributed by atoms with E-state index >= 15 is 0 Å². The van der Waals surface area contributed by atoms with Crippen molar-refractivity contribution in [3.63, 3.8) is 0 Å². The summed E-state index contributed by atoms with van der Waals surface area (Å²) in [5, 5.41) is 2.94. The van der Waals surface area contributed by atoms with Crippen molar-refractivity contribution < 1.29 is 9.59 Å². The first-order valence-electron chi connectivity index (χ1n) is 7.74. The van der Waals surface area contributed by atoms with Crippen LogP contribution in [0.4, 0.5) is 0 Å². The quantitative estimate of drug-likeness (QED) is 0.842. The van der Waals surface area contributed by atoms with Crippen LogP contribution in [-0.4, -0.2) is 34.8 Å².